The Labute approximate surface area is 141 Å². The monoisotopic (exact) mass is 358 g/mol. The number of halogens is 4. The van der Waals surface area contributed by atoms with Gasteiger partial charge in [0.1, 0.15) is 5.82 Å². The van der Waals surface area contributed by atoms with Crippen LogP contribution in [0.15, 0.2) is 30.3 Å². The number of anilines is 2. The third-order valence-electron chi connectivity index (χ3n) is 2.99. The van der Waals surface area contributed by atoms with Gasteiger partial charge in [0.15, 0.2) is 5.69 Å². The molecule has 0 aliphatic rings. The predicted molar refractivity (Wildman–Crippen MR) is 85.2 cm³/mol. The van der Waals surface area contributed by atoms with Crippen molar-refractivity contribution in [1.82, 2.24) is 10.2 Å². The van der Waals surface area contributed by atoms with Gasteiger partial charge in [-0.3, -0.25) is 4.79 Å². The van der Waals surface area contributed by atoms with Crippen molar-refractivity contribution in [2.75, 3.05) is 17.2 Å². The van der Waals surface area contributed by atoms with Gasteiger partial charge in [0.05, 0.1) is 11.3 Å². The van der Waals surface area contributed by atoms with E-state index in [1.54, 1.807) is 0 Å². The van der Waals surface area contributed by atoms with E-state index in [-0.39, 0.29) is 10.7 Å². The van der Waals surface area contributed by atoms with Gasteiger partial charge >= 0.3 is 6.18 Å². The second-order valence-electron chi connectivity index (χ2n) is 4.87. The molecule has 1 aromatic carbocycles. The van der Waals surface area contributed by atoms with Crippen molar-refractivity contribution in [3.05, 3.63) is 46.6 Å². The summed E-state index contributed by atoms with van der Waals surface area (Å²) in [6.45, 7) is 2.67. The fourth-order valence-electron chi connectivity index (χ4n) is 1.85. The lowest BCUT2D eigenvalue weighted by atomic mass is 10.1. The summed E-state index contributed by atoms with van der Waals surface area (Å²) < 4.78 is 39.0. The van der Waals surface area contributed by atoms with Crippen molar-refractivity contribution in [2.24, 2.45) is 0 Å². The van der Waals surface area contributed by atoms with Crippen LogP contribution in [0.2, 0.25) is 5.02 Å². The first-order valence-electron chi connectivity index (χ1n) is 7.07. The summed E-state index contributed by atoms with van der Waals surface area (Å²) in [6, 6.07) is 6.01. The molecule has 0 saturated carbocycles. The van der Waals surface area contributed by atoms with E-state index in [0.717, 1.165) is 18.6 Å². The van der Waals surface area contributed by atoms with Gasteiger partial charge in [0.25, 0.3) is 5.91 Å². The number of aromatic nitrogens is 2. The topological polar surface area (TPSA) is 66.9 Å². The van der Waals surface area contributed by atoms with Crippen LogP contribution in [0.3, 0.4) is 0 Å². The number of hydrogen-bond donors (Lipinski definition) is 2. The van der Waals surface area contributed by atoms with Crippen LogP contribution in [0.25, 0.3) is 0 Å². The molecule has 0 fully saturated rings. The fraction of sp³-hybridized carbons (Fsp3) is 0.267. The predicted octanol–water partition coefficient (Wildman–Crippen LogP) is 4.22. The number of rotatable bonds is 5. The third kappa shape index (κ3) is 4.58. The van der Waals surface area contributed by atoms with Crippen molar-refractivity contribution in [1.29, 1.82) is 0 Å². The van der Waals surface area contributed by atoms with Gasteiger partial charge in [-0.05, 0) is 36.8 Å². The normalized spacial score (nSPS) is 11.2. The lowest BCUT2D eigenvalue weighted by Crippen LogP contribution is -2.18. The maximum Gasteiger partial charge on any atom is 0.418 e. The summed E-state index contributed by atoms with van der Waals surface area (Å²) in [5.41, 5.74) is -1.52. The Morgan fingerprint density at radius 3 is 2.54 bits per heavy atom. The summed E-state index contributed by atoms with van der Waals surface area (Å²) in [4.78, 5) is 12.1. The molecule has 0 aliphatic heterocycles. The Balaban J connectivity index is 2.18. The summed E-state index contributed by atoms with van der Waals surface area (Å²) in [7, 11) is 0. The van der Waals surface area contributed by atoms with Crippen molar-refractivity contribution in [3.8, 4) is 0 Å². The second kappa shape index (κ2) is 7.48. The van der Waals surface area contributed by atoms with Crippen molar-refractivity contribution in [2.45, 2.75) is 19.5 Å². The molecule has 2 N–H and O–H groups in total. The largest absolute Gasteiger partial charge is 0.418 e. The molecule has 0 atom stereocenters. The van der Waals surface area contributed by atoms with Crippen molar-refractivity contribution >= 4 is 29.0 Å². The molecule has 0 spiro atoms. The van der Waals surface area contributed by atoms with Crippen LogP contribution in [0.5, 0.6) is 0 Å². The van der Waals surface area contributed by atoms with Crippen LogP contribution in [0.4, 0.5) is 24.7 Å². The molecule has 0 saturated heterocycles. The highest BCUT2D eigenvalue weighted by atomic mass is 35.5. The molecule has 0 bridgehead atoms. The van der Waals surface area contributed by atoms with Crippen LogP contribution in [-0.4, -0.2) is 22.6 Å². The van der Waals surface area contributed by atoms with Crippen molar-refractivity contribution < 1.29 is 18.0 Å². The van der Waals surface area contributed by atoms with E-state index in [9.17, 15) is 18.0 Å². The molecule has 2 aromatic rings. The summed E-state index contributed by atoms with van der Waals surface area (Å²) in [5.74, 6) is -0.312. The maximum absolute atomic E-state index is 13.0. The third-order valence-corrected chi connectivity index (χ3v) is 3.22. The van der Waals surface area contributed by atoms with Gasteiger partial charge in [-0.2, -0.15) is 13.2 Å². The summed E-state index contributed by atoms with van der Waals surface area (Å²) in [5, 5.41) is 12.6. The number of carbonyl (C=O) groups is 1. The second-order valence-corrected chi connectivity index (χ2v) is 5.31. The molecule has 1 heterocycles. The number of carbonyl (C=O) groups excluding carboxylic acids is 1. The number of amides is 1. The van der Waals surface area contributed by atoms with Gasteiger partial charge < -0.3 is 10.6 Å². The number of alkyl halides is 3. The molecule has 128 valence electrons. The highest BCUT2D eigenvalue weighted by molar-refractivity contribution is 6.30. The molecule has 24 heavy (non-hydrogen) atoms. The maximum atomic E-state index is 13.0. The van der Waals surface area contributed by atoms with Gasteiger partial charge in [-0.15, -0.1) is 10.2 Å². The van der Waals surface area contributed by atoms with E-state index in [0.29, 0.717) is 12.4 Å². The van der Waals surface area contributed by atoms with Gasteiger partial charge in [0.2, 0.25) is 0 Å². The minimum Gasteiger partial charge on any atom is -0.369 e. The van der Waals surface area contributed by atoms with Crippen LogP contribution >= 0.6 is 11.6 Å². The lowest BCUT2D eigenvalue weighted by Gasteiger charge is -2.14. The number of hydrogen-bond acceptors (Lipinski definition) is 4. The molecule has 2 rings (SSSR count). The number of nitrogens with one attached hydrogen (secondary N) is 2. The highest BCUT2D eigenvalue weighted by Crippen LogP contribution is 2.36. The van der Waals surface area contributed by atoms with E-state index in [1.807, 2.05) is 6.92 Å². The molecule has 0 unspecified atom stereocenters. The van der Waals surface area contributed by atoms with Gasteiger partial charge in [0, 0.05) is 11.6 Å². The van der Waals surface area contributed by atoms with Crippen LogP contribution in [0, 0.1) is 0 Å². The molecule has 9 heteroatoms. The van der Waals surface area contributed by atoms with Crippen LogP contribution < -0.4 is 10.6 Å². The molecule has 5 nitrogen and oxygen atoms in total. The SMILES string of the molecule is CCCNc1ccc(C(=O)Nc2ccc(Cl)cc2C(F)(F)F)nn1. The Kier molecular flexibility index (Phi) is 5.61. The van der Waals surface area contributed by atoms with Crippen LogP contribution in [0.1, 0.15) is 29.4 Å². The van der Waals surface area contributed by atoms with E-state index in [1.165, 1.54) is 18.2 Å². The number of nitrogens with zero attached hydrogens (tertiary/aromatic N) is 2. The molecule has 1 aromatic heterocycles. The first-order valence-corrected chi connectivity index (χ1v) is 7.44. The van der Waals surface area contributed by atoms with E-state index in [4.69, 9.17) is 11.6 Å². The summed E-state index contributed by atoms with van der Waals surface area (Å²) in [6.07, 6.45) is -3.76. The number of benzene rings is 1. The highest BCUT2D eigenvalue weighted by Gasteiger charge is 2.34. The standard InChI is InChI=1S/C15H14ClF3N4O/c1-2-7-20-13-6-5-12(22-23-13)14(24)21-11-4-3-9(16)8-10(11)15(17,18)19/h3-6,8H,2,7H2,1H3,(H,20,23)(H,21,24). The average molecular weight is 359 g/mol. The lowest BCUT2D eigenvalue weighted by molar-refractivity contribution is -0.136. The minimum atomic E-state index is -4.65. The quantitative estimate of drug-likeness (QED) is 0.839. The van der Waals surface area contributed by atoms with Gasteiger partial charge in [-0.25, -0.2) is 0 Å². The minimum absolute atomic E-state index is 0.0773. The van der Waals surface area contributed by atoms with Crippen LogP contribution in [-0.2, 0) is 6.18 Å². The zero-order valence-electron chi connectivity index (χ0n) is 12.6. The Morgan fingerprint density at radius 1 is 1.21 bits per heavy atom. The zero-order valence-corrected chi connectivity index (χ0v) is 13.4. The van der Waals surface area contributed by atoms with E-state index in [2.05, 4.69) is 20.8 Å². The fourth-order valence-corrected chi connectivity index (χ4v) is 2.02. The van der Waals surface area contributed by atoms with E-state index >= 15 is 0 Å². The molecular formula is C15H14ClF3N4O. The first kappa shape index (κ1) is 18.0. The summed E-state index contributed by atoms with van der Waals surface area (Å²) >= 11 is 5.59. The smallest absolute Gasteiger partial charge is 0.369 e. The molecule has 0 radical (unpaired) electrons. The van der Waals surface area contributed by atoms with E-state index < -0.39 is 23.3 Å². The van der Waals surface area contributed by atoms with Crippen molar-refractivity contribution in [3.63, 3.8) is 0 Å². The first-order chi connectivity index (χ1) is 11.3. The Morgan fingerprint density at radius 2 is 1.96 bits per heavy atom. The molecule has 1 amide bonds. The zero-order chi connectivity index (χ0) is 17.7. The Bertz CT molecular complexity index is 720. The molecular weight excluding hydrogens is 345 g/mol. The molecule has 0 aliphatic carbocycles. The van der Waals surface area contributed by atoms with Gasteiger partial charge in [-0.1, -0.05) is 18.5 Å². The Hall–Kier alpha value is -2.35. The average Bonchev–Trinajstić information content (AvgIpc) is 2.54.